The van der Waals surface area contributed by atoms with E-state index in [4.69, 9.17) is 5.11 Å². The number of pyridine rings is 1. The van der Waals surface area contributed by atoms with E-state index in [1.807, 2.05) is 26.1 Å². The molecule has 0 amide bonds. The van der Waals surface area contributed by atoms with Gasteiger partial charge >= 0.3 is 5.97 Å². The fraction of sp³-hybridized carbons (Fsp3) is 0.538. The van der Waals surface area contributed by atoms with E-state index in [1.165, 1.54) is 5.56 Å². The van der Waals surface area contributed by atoms with Gasteiger partial charge in [-0.15, -0.1) is 0 Å². The normalized spacial score (nSPS) is 12.6. The van der Waals surface area contributed by atoms with Crippen LogP contribution in [0.3, 0.4) is 0 Å². The van der Waals surface area contributed by atoms with Crippen molar-refractivity contribution in [1.29, 1.82) is 0 Å². The molecule has 4 heteroatoms. The Balaban J connectivity index is 2.42. The SMILES string of the molecule is CCC(CC(=O)O)N(C)CCc1ccncc1. The van der Waals surface area contributed by atoms with Gasteiger partial charge in [0.1, 0.15) is 0 Å². The van der Waals surface area contributed by atoms with E-state index in [-0.39, 0.29) is 12.5 Å². The van der Waals surface area contributed by atoms with Crippen LogP contribution in [0.25, 0.3) is 0 Å². The Bertz CT molecular complexity index is 341. The smallest absolute Gasteiger partial charge is 0.304 e. The first kappa shape index (κ1) is 13.6. The van der Waals surface area contributed by atoms with Crippen LogP contribution in [0, 0.1) is 0 Å². The lowest BCUT2D eigenvalue weighted by Gasteiger charge is -2.25. The highest BCUT2D eigenvalue weighted by atomic mass is 16.4. The Kier molecular flexibility index (Phi) is 5.63. The molecule has 0 saturated heterocycles. The van der Waals surface area contributed by atoms with Crippen LogP contribution in [-0.4, -0.2) is 40.6 Å². The third-order valence-electron chi connectivity index (χ3n) is 3.01. The highest BCUT2D eigenvalue weighted by Crippen LogP contribution is 2.08. The zero-order chi connectivity index (χ0) is 12.7. The van der Waals surface area contributed by atoms with Gasteiger partial charge in [0.15, 0.2) is 0 Å². The average Bonchev–Trinajstić information content (AvgIpc) is 2.34. The van der Waals surface area contributed by atoms with Crippen LogP contribution in [0.15, 0.2) is 24.5 Å². The monoisotopic (exact) mass is 236 g/mol. The summed E-state index contributed by atoms with van der Waals surface area (Å²) in [6, 6.07) is 4.10. The number of hydrogen-bond acceptors (Lipinski definition) is 3. The van der Waals surface area contributed by atoms with E-state index in [2.05, 4.69) is 9.88 Å². The zero-order valence-electron chi connectivity index (χ0n) is 10.5. The van der Waals surface area contributed by atoms with E-state index in [9.17, 15) is 4.79 Å². The van der Waals surface area contributed by atoms with Crippen molar-refractivity contribution >= 4 is 5.97 Å². The van der Waals surface area contributed by atoms with Gasteiger partial charge < -0.3 is 10.0 Å². The molecule has 1 atom stereocenters. The molecule has 0 bridgehead atoms. The maximum Gasteiger partial charge on any atom is 0.304 e. The number of hydrogen-bond donors (Lipinski definition) is 1. The number of carbonyl (C=O) groups is 1. The number of carboxylic acids is 1. The van der Waals surface area contributed by atoms with Crippen LogP contribution in [-0.2, 0) is 11.2 Å². The summed E-state index contributed by atoms with van der Waals surface area (Å²) in [5.74, 6) is -0.729. The van der Waals surface area contributed by atoms with Crippen LogP contribution in [0.5, 0.6) is 0 Å². The molecule has 0 aliphatic carbocycles. The van der Waals surface area contributed by atoms with Crippen molar-refractivity contribution in [2.45, 2.75) is 32.2 Å². The molecule has 0 aliphatic rings. The fourth-order valence-electron chi connectivity index (χ4n) is 1.85. The lowest BCUT2D eigenvalue weighted by molar-refractivity contribution is -0.138. The topological polar surface area (TPSA) is 53.4 Å². The van der Waals surface area contributed by atoms with E-state index >= 15 is 0 Å². The predicted octanol–water partition coefficient (Wildman–Crippen LogP) is 1.81. The van der Waals surface area contributed by atoms with Crippen molar-refractivity contribution < 1.29 is 9.90 Å². The molecule has 1 aromatic rings. The lowest BCUT2D eigenvalue weighted by atomic mass is 10.1. The number of likely N-dealkylation sites (N-methyl/N-ethyl adjacent to an activating group) is 1. The van der Waals surface area contributed by atoms with E-state index in [0.717, 1.165) is 19.4 Å². The van der Waals surface area contributed by atoms with Crippen molar-refractivity contribution in [3.63, 3.8) is 0 Å². The molecule has 0 spiro atoms. The summed E-state index contributed by atoms with van der Waals surface area (Å²) >= 11 is 0. The molecule has 17 heavy (non-hydrogen) atoms. The summed E-state index contributed by atoms with van der Waals surface area (Å²) in [5.41, 5.74) is 1.23. The summed E-state index contributed by atoms with van der Waals surface area (Å²) in [6.07, 6.45) is 5.56. The largest absolute Gasteiger partial charge is 0.481 e. The average molecular weight is 236 g/mol. The summed E-state index contributed by atoms with van der Waals surface area (Å²) in [7, 11) is 1.98. The second-order valence-electron chi connectivity index (χ2n) is 4.25. The number of rotatable bonds is 7. The van der Waals surface area contributed by atoms with E-state index in [0.29, 0.717) is 0 Å². The molecule has 1 unspecified atom stereocenters. The van der Waals surface area contributed by atoms with Crippen molar-refractivity contribution in [2.24, 2.45) is 0 Å². The molecule has 0 radical (unpaired) electrons. The summed E-state index contributed by atoms with van der Waals surface area (Å²) < 4.78 is 0. The molecule has 4 nitrogen and oxygen atoms in total. The lowest BCUT2D eigenvalue weighted by Crippen LogP contribution is -2.34. The van der Waals surface area contributed by atoms with Gasteiger partial charge in [0, 0.05) is 25.0 Å². The molecular weight excluding hydrogens is 216 g/mol. The van der Waals surface area contributed by atoms with Crippen molar-refractivity contribution in [3.8, 4) is 0 Å². The van der Waals surface area contributed by atoms with Crippen LogP contribution < -0.4 is 0 Å². The molecule has 1 rings (SSSR count). The fourth-order valence-corrected chi connectivity index (χ4v) is 1.85. The molecule has 1 N–H and O–H groups in total. The molecule has 0 aliphatic heterocycles. The number of aliphatic carboxylic acids is 1. The number of carboxylic acid groups (broad SMARTS) is 1. The zero-order valence-corrected chi connectivity index (χ0v) is 10.5. The van der Waals surface area contributed by atoms with Gasteiger partial charge in [0.2, 0.25) is 0 Å². The van der Waals surface area contributed by atoms with Gasteiger partial charge in [-0.2, -0.15) is 0 Å². The van der Waals surface area contributed by atoms with Crippen LogP contribution in [0.4, 0.5) is 0 Å². The number of nitrogens with zero attached hydrogens (tertiary/aromatic N) is 2. The molecular formula is C13H20N2O2. The Hall–Kier alpha value is -1.42. The van der Waals surface area contributed by atoms with Crippen LogP contribution >= 0.6 is 0 Å². The first-order valence-electron chi connectivity index (χ1n) is 5.94. The summed E-state index contributed by atoms with van der Waals surface area (Å²) in [4.78, 5) is 16.8. The minimum absolute atomic E-state index is 0.120. The first-order chi connectivity index (χ1) is 8.13. The van der Waals surface area contributed by atoms with Gasteiger partial charge in [0.05, 0.1) is 6.42 Å². The Morgan fingerprint density at radius 1 is 1.47 bits per heavy atom. The molecule has 0 aromatic carbocycles. The van der Waals surface area contributed by atoms with E-state index < -0.39 is 5.97 Å². The third-order valence-corrected chi connectivity index (χ3v) is 3.01. The molecule has 0 saturated carbocycles. The van der Waals surface area contributed by atoms with Gasteiger partial charge in [-0.05, 0) is 37.6 Å². The minimum atomic E-state index is -0.729. The molecule has 94 valence electrons. The van der Waals surface area contributed by atoms with E-state index in [1.54, 1.807) is 12.4 Å². The Labute approximate surface area is 102 Å². The van der Waals surface area contributed by atoms with Gasteiger partial charge in [-0.25, -0.2) is 0 Å². The molecule has 0 fully saturated rings. The Morgan fingerprint density at radius 2 is 2.12 bits per heavy atom. The third kappa shape index (κ3) is 4.95. The van der Waals surface area contributed by atoms with Gasteiger partial charge in [0.25, 0.3) is 0 Å². The summed E-state index contributed by atoms with van der Waals surface area (Å²) in [6.45, 7) is 2.90. The minimum Gasteiger partial charge on any atom is -0.481 e. The quantitative estimate of drug-likeness (QED) is 0.784. The number of aromatic nitrogens is 1. The maximum absolute atomic E-state index is 10.7. The van der Waals surface area contributed by atoms with Crippen molar-refractivity contribution in [1.82, 2.24) is 9.88 Å². The second kappa shape index (κ2) is 7.01. The standard InChI is InChI=1S/C13H20N2O2/c1-3-12(10-13(16)17)15(2)9-6-11-4-7-14-8-5-11/h4-5,7-8,12H,3,6,9-10H2,1-2H3,(H,16,17). The summed E-state index contributed by atoms with van der Waals surface area (Å²) in [5, 5.41) is 8.81. The predicted molar refractivity (Wildman–Crippen MR) is 66.9 cm³/mol. The highest BCUT2D eigenvalue weighted by Gasteiger charge is 2.15. The van der Waals surface area contributed by atoms with Crippen LogP contribution in [0.1, 0.15) is 25.3 Å². The van der Waals surface area contributed by atoms with Crippen molar-refractivity contribution in [3.05, 3.63) is 30.1 Å². The Morgan fingerprint density at radius 3 is 2.65 bits per heavy atom. The van der Waals surface area contributed by atoms with Crippen LogP contribution in [0.2, 0.25) is 0 Å². The maximum atomic E-state index is 10.7. The van der Waals surface area contributed by atoms with Gasteiger partial charge in [-0.3, -0.25) is 9.78 Å². The molecule has 1 aromatic heterocycles. The molecule has 1 heterocycles. The highest BCUT2D eigenvalue weighted by molar-refractivity contribution is 5.67. The van der Waals surface area contributed by atoms with Gasteiger partial charge in [-0.1, -0.05) is 6.92 Å². The second-order valence-corrected chi connectivity index (χ2v) is 4.25. The first-order valence-corrected chi connectivity index (χ1v) is 5.94. The van der Waals surface area contributed by atoms with Crippen molar-refractivity contribution in [2.75, 3.05) is 13.6 Å².